The van der Waals surface area contributed by atoms with E-state index in [0.717, 1.165) is 25.7 Å². The quantitative estimate of drug-likeness (QED) is 0.741. The minimum Gasteiger partial charge on any atom is -0.301 e. The molecule has 3 nitrogen and oxygen atoms in total. The summed E-state index contributed by atoms with van der Waals surface area (Å²) in [6.07, 6.45) is 12.5. The first-order chi connectivity index (χ1) is 11.3. The van der Waals surface area contributed by atoms with Gasteiger partial charge < -0.3 is 5.41 Å². The summed E-state index contributed by atoms with van der Waals surface area (Å²) in [6, 6.07) is 0. The molecule has 0 radical (unpaired) electrons. The maximum absolute atomic E-state index is 12.1. The number of carbonyl (C=O) groups excluding carboxylic acids is 2. The molecule has 0 aromatic rings. The number of carbonyl (C=O) groups is 2. The first kappa shape index (κ1) is 16.0. The summed E-state index contributed by atoms with van der Waals surface area (Å²) in [4.78, 5) is 24.1. The molecule has 0 aromatic heterocycles. The normalized spacial score (nSPS) is 49.5. The molecule has 1 N–H and O–H groups in total. The van der Waals surface area contributed by atoms with Gasteiger partial charge in [0, 0.05) is 17.3 Å². The number of allylic oxidation sites excluding steroid dienone is 4. The van der Waals surface area contributed by atoms with E-state index >= 15 is 0 Å². The van der Waals surface area contributed by atoms with Crippen molar-refractivity contribution in [2.45, 2.75) is 46.5 Å². The molecule has 128 valence electrons. The van der Waals surface area contributed by atoms with Crippen molar-refractivity contribution in [1.29, 1.82) is 5.41 Å². The third-order valence-corrected chi connectivity index (χ3v) is 7.99. The van der Waals surface area contributed by atoms with E-state index in [4.69, 9.17) is 5.41 Å². The van der Waals surface area contributed by atoms with Crippen LogP contribution in [0.3, 0.4) is 0 Å². The molecule has 0 aliphatic heterocycles. The van der Waals surface area contributed by atoms with Crippen molar-refractivity contribution in [3.05, 3.63) is 24.3 Å². The second-order valence-electron chi connectivity index (χ2n) is 8.92. The Balaban J connectivity index is 1.73. The van der Waals surface area contributed by atoms with Gasteiger partial charge in [0.15, 0.2) is 5.78 Å². The van der Waals surface area contributed by atoms with Crippen LogP contribution in [-0.2, 0) is 9.59 Å². The number of rotatable bonds is 1. The number of fused-ring (bicyclic) bond motifs is 5. The van der Waals surface area contributed by atoms with Crippen molar-refractivity contribution in [2.24, 2.45) is 40.4 Å². The Hall–Kier alpha value is -1.51. The van der Waals surface area contributed by atoms with Gasteiger partial charge in [0.2, 0.25) is 0 Å². The molecule has 1 unspecified atom stereocenters. The Kier molecular flexibility index (Phi) is 3.33. The summed E-state index contributed by atoms with van der Waals surface area (Å²) in [5.41, 5.74) is 0.249. The van der Waals surface area contributed by atoms with Gasteiger partial charge in [0.1, 0.15) is 5.78 Å². The van der Waals surface area contributed by atoms with Crippen LogP contribution in [0.15, 0.2) is 24.3 Å². The molecular weight excluding hydrogens is 298 g/mol. The monoisotopic (exact) mass is 325 g/mol. The van der Waals surface area contributed by atoms with E-state index in [9.17, 15) is 9.59 Å². The number of hydrogen-bond acceptors (Lipinski definition) is 3. The first-order valence-electron chi connectivity index (χ1n) is 9.30. The molecule has 2 fully saturated rings. The van der Waals surface area contributed by atoms with Gasteiger partial charge in [-0.25, -0.2) is 0 Å². The van der Waals surface area contributed by atoms with Gasteiger partial charge in [0.25, 0.3) is 0 Å². The summed E-state index contributed by atoms with van der Waals surface area (Å²) in [7, 11) is 0. The molecule has 0 saturated heterocycles. The fraction of sp³-hybridized carbons (Fsp3) is 0.667. The Morgan fingerprint density at radius 1 is 1.17 bits per heavy atom. The second kappa shape index (κ2) is 5.00. The average molecular weight is 325 g/mol. The number of Topliss-reactive ketones (excluding diaryl/α,β-unsaturated/α-hetero) is 1. The van der Waals surface area contributed by atoms with Gasteiger partial charge >= 0.3 is 0 Å². The highest BCUT2D eigenvalue weighted by atomic mass is 16.1. The van der Waals surface area contributed by atoms with Crippen molar-refractivity contribution in [2.75, 3.05) is 0 Å². The molecular formula is C21H27NO2. The Labute approximate surface area is 144 Å². The van der Waals surface area contributed by atoms with Crippen LogP contribution in [0.2, 0.25) is 0 Å². The van der Waals surface area contributed by atoms with Crippen LogP contribution in [-0.4, -0.2) is 17.3 Å². The minimum absolute atomic E-state index is 0.0781. The third-order valence-electron chi connectivity index (χ3n) is 7.99. The molecule has 3 heteroatoms. The SMILES string of the molecule is CC(=O)[C@H]1CC[C@H]2[C@@H]3C=CC4C(=N)C(=O)C=C[C@]4(C)[C@H]3CC[C@]12C. The maximum Gasteiger partial charge on any atom is 0.199 e. The predicted molar refractivity (Wildman–Crippen MR) is 93.8 cm³/mol. The molecule has 4 aliphatic rings. The molecule has 0 bridgehead atoms. The van der Waals surface area contributed by atoms with E-state index in [2.05, 4.69) is 32.1 Å². The molecule has 0 heterocycles. The topological polar surface area (TPSA) is 58.0 Å². The molecule has 0 spiro atoms. The molecule has 2 saturated carbocycles. The van der Waals surface area contributed by atoms with Gasteiger partial charge in [-0.15, -0.1) is 0 Å². The highest BCUT2D eigenvalue weighted by Crippen LogP contribution is 2.64. The zero-order valence-corrected chi connectivity index (χ0v) is 14.8. The van der Waals surface area contributed by atoms with Crippen LogP contribution >= 0.6 is 0 Å². The number of ketones is 2. The van der Waals surface area contributed by atoms with Crippen LogP contribution in [0, 0.1) is 45.8 Å². The van der Waals surface area contributed by atoms with Crippen molar-refractivity contribution in [3.63, 3.8) is 0 Å². The molecule has 0 aromatic carbocycles. The third kappa shape index (κ3) is 1.87. The van der Waals surface area contributed by atoms with Crippen LogP contribution in [0.5, 0.6) is 0 Å². The van der Waals surface area contributed by atoms with Crippen molar-refractivity contribution in [1.82, 2.24) is 0 Å². The maximum atomic E-state index is 12.1. The van der Waals surface area contributed by atoms with E-state index in [1.54, 1.807) is 13.0 Å². The second-order valence-corrected chi connectivity index (χ2v) is 8.92. The Morgan fingerprint density at radius 3 is 2.62 bits per heavy atom. The summed E-state index contributed by atoms with van der Waals surface area (Å²) in [5.74, 6) is 1.85. The summed E-state index contributed by atoms with van der Waals surface area (Å²) >= 11 is 0. The molecule has 7 atom stereocenters. The first-order valence-corrected chi connectivity index (χ1v) is 9.30. The highest BCUT2D eigenvalue weighted by Gasteiger charge is 2.59. The molecule has 4 rings (SSSR count). The van der Waals surface area contributed by atoms with Crippen LogP contribution in [0.4, 0.5) is 0 Å². The van der Waals surface area contributed by atoms with E-state index in [1.165, 1.54) is 0 Å². The zero-order valence-electron chi connectivity index (χ0n) is 14.8. The van der Waals surface area contributed by atoms with Crippen molar-refractivity contribution < 1.29 is 9.59 Å². The highest BCUT2D eigenvalue weighted by molar-refractivity contribution is 6.44. The lowest BCUT2D eigenvalue weighted by atomic mass is 9.47. The lowest BCUT2D eigenvalue weighted by Gasteiger charge is -2.56. The Bertz CT molecular complexity index is 690. The van der Waals surface area contributed by atoms with Crippen LogP contribution < -0.4 is 0 Å². The van der Waals surface area contributed by atoms with E-state index < -0.39 is 0 Å². The van der Waals surface area contributed by atoms with Gasteiger partial charge in [-0.1, -0.05) is 32.1 Å². The molecule has 0 amide bonds. The zero-order chi connectivity index (χ0) is 17.3. The smallest absolute Gasteiger partial charge is 0.199 e. The Morgan fingerprint density at radius 2 is 1.92 bits per heavy atom. The summed E-state index contributed by atoms with van der Waals surface area (Å²) in [6.45, 7) is 6.32. The minimum atomic E-state index is -0.140. The fourth-order valence-corrected chi connectivity index (χ4v) is 6.67. The standard InChI is InChI=1S/C21H27NO2/c1-12(23)14-6-7-15-13-4-5-17-19(22)18(24)9-11-21(17,3)16(13)8-10-20(14,15)2/h4-5,9,11,13-17,22H,6-8,10H2,1-3H3/t13-,14+,15-,16-,17?,20+,21+/m0/s1. The van der Waals surface area contributed by atoms with Gasteiger partial charge in [-0.2, -0.15) is 0 Å². The van der Waals surface area contributed by atoms with E-state index in [1.807, 2.05) is 0 Å². The van der Waals surface area contributed by atoms with E-state index in [-0.39, 0.29) is 34.2 Å². The largest absolute Gasteiger partial charge is 0.301 e. The number of hydrogen-bond donors (Lipinski definition) is 1. The van der Waals surface area contributed by atoms with Gasteiger partial charge in [-0.3, -0.25) is 9.59 Å². The van der Waals surface area contributed by atoms with Crippen molar-refractivity contribution in [3.8, 4) is 0 Å². The van der Waals surface area contributed by atoms with Crippen LogP contribution in [0.25, 0.3) is 0 Å². The fourth-order valence-electron chi connectivity index (χ4n) is 6.67. The summed E-state index contributed by atoms with van der Waals surface area (Å²) in [5, 5.41) is 8.23. The van der Waals surface area contributed by atoms with E-state index in [0.29, 0.717) is 23.5 Å². The summed E-state index contributed by atoms with van der Waals surface area (Å²) < 4.78 is 0. The van der Waals surface area contributed by atoms with Gasteiger partial charge in [0.05, 0.1) is 5.71 Å². The van der Waals surface area contributed by atoms with Gasteiger partial charge in [-0.05, 0) is 61.9 Å². The average Bonchev–Trinajstić information content (AvgIpc) is 2.89. The lowest BCUT2D eigenvalue weighted by Crippen LogP contribution is -2.53. The van der Waals surface area contributed by atoms with Crippen molar-refractivity contribution >= 4 is 17.3 Å². The van der Waals surface area contributed by atoms with Crippen LogP contribution in [0.1, 0.15) is 46.5 Å². The molecule has 24 heavy (non-hydrogen) atoms. The lowest BCUT2D eigenvalue weighted by molar-refractivity contribution is -0.126. The predicted octanol–water partition coefficient (Wildman–Crippen LogP) is 3.99. The molecule has 4 aliphatic carbocycles. The number of nitrogens with one attached hydrogen (secondary N) is 1.